The summed E-state index contributed by atoms with van der Waals surface area (Å²) in [6.45, 7) is 2.45. The summed E-state index contributed by atoms with van der Waals surface area (Å²) in [5.41, 5.74) is 2.03. The minimum absolute atomic E-state index is 0. The van der Waals surface area contributed by atoms with Crippen LogP contribution in [-0.4, -0.2) is 10.9 Å². The molecule has 1 amide bonds. The van der Waals surface area contributed by atoms with E-state index in [-0.39, 0.29) is 18.3 Å². The molecule has 3 nitrogen and oxygen atoms in total. The van der Waals surface area contributed by atoms with E-state index in [1.807, 2.05) is 48.2 Å². The number of halogens is 1. The van der Waals surface area contributed by atoms with Crippen LogP contribution in [0.1, 0.15) is 18.9 Å². The number of benzene rings is 2. The second-order valence-electron chi connectivity index (χ2n) is 5.19. The maximum atomic E-state index is 12.5. The van der Waals surface area contributed by atoms with E-state index in [0.29, 0.717) is 13.0 Å². The minimum Gasteiger partial charge on any atom is -0.307 e. The zero-order valence-corrected chi connectivity index (χ0v) is 13.8. The predicted molar refractivity (Wildman–Crippen MR) is 96.9 cm³/mol. The molecule has 1 aromatic heterocycles. The second kappa shape index (κ2) is 7.75. The number of rotatable bonds is 4. The van der Waals surface area contributed by atoms with Gasteiger partial charge in [0.2, 0.25) is 5.91 Å². The van der Waals surface area contributed by atoms with Crippen LogP contribution in [0.2, 0.25) is 0 Å². The van der Waals surface area contributed by atoms with E-state index in [4.69, 9.17) is 0 Å². The van der Waals surface area contributed by atoms with E-state index in [2.05, 4.69) is 23.2 Å². The molecule has 2 aromatic carbocycles. The molecule has 0 N–H and O–H groups in total. The van der Waals surface area contributed by atoms with E-state index in [1.165, 1.54) is 0 Å². The number of anilines is 1. The van der Waals surface area contributed by atoms with Crippen LogP contribution < -0.4 is 4.90 Å². The molecule has 0 aliphatic carbocycles. The Morgan fingerprint density at radius 3 is 2.43 bits per heavy atom. The number of hydrogen-bond acceptors (Lipinski definition) is 2. The highest BCUT2D eigenvalue weighted by Crippen LogP contribution is 2.28. The fourth-order valence-electron chi connectivity index (χ4n) is 2.61. The molecule has 4 heteroatoms. The Morgan fingerprint density at radius 1 is 1.00 bits per heavy atom. The second-order valence-corrected chi connectivity index (χ2v) is 5.19. The van der Waals surface area contributed by atoms with E-state index in [1.54, 1.807) is 12.4 Å². The average molecular weight is 327 g/mol. The van der Waals surface area contributed by atoms with Gasteiger partial charge in [-0.2, -0.15) is 0 Å². The fourth-order valence-corrected chi connectivity index (χ4v) is 2.61. The number of hydrogen-bond donors (Lipinski definition) is 0. The number of carbonyl (C=O) groups is 1. The van der Waals surface area contributed by atoms with Gasteiger partial charge in [-0.1, -0.05) is 43.3 Å². The first-order valence-corrected chi connectivity index (χ1v) is 7.46. The fraction of sp³-hybridized carbons (Fsp3) is 0.158. The van der Waals surface area contributed by atoms with Crippen LogP contribution in [0, 0.1) is 0 Å². The number of aromatic nitrogens is 1. The molecule has 118 valence electrons. The molecule has 3 aromatic rings. The van der Waals surface area contributed by atoms with Crippen LogP contribution >= 0.6 is 12.4 Å². The van der Waals surface area contributed by atoms with Crippen molar-refractivity contribution in [2.24, 2.45) is 0 Å². The van der Waals surface area contributed by atoms with Crippen molar-refractivity contribution in [1.29, 1.82) is 0 Å². The molecule has 0 spiro atoms. The smallest absolute Gasteiger partial charge is 0.227 e. The van der Waals surface area contributed by atoms with Gasteiger partial charge in [-0.15, -0.1) is 12.4 Å². The molecule has 0 saturated carbocycles. The summed E-state index contributed by atoms with van der Waals surface area (Å²) in [4.78, 5) is 18.4. The molecule has 0 fully saturated rings. The first kappa shape index (κ1) is 17.0. The SMILES string of the molecule is CCC(=O)N(Cc1ccncc1)c1cccc2ccccc12.Cl. The number of pyridine rings is 1. The standard InChI is InChI=1S/C19H18N2O.ClH/c1-2-19(22)21(14-15-10-12-20-13-11-15)18-9-5-7-16-6-3-4-8-17(16)18;/h3-13H,2,14H2,1H3;1H. The first-order valence-electron chi connectivity index (χ1n) is 7.46. The summed E-state index contributed by atoms with van der Waals surface area (Å²) in [7, 11) is 0. The highest BCUT2D eigenvalue weighted by Gasteiger charge is 2.16. The predicted octanol–water partition coefficient (Wildman–Crippen LogP) is 4.60. The van der Waals surface area contributed by atoms with Crippen molar-refractivity contribution in [3.05, 3.63) is 72.6 Å². The third-order valence-corrected chi connectivity index (χ3v) is 3.75. The summed E-state index contributed by atoms with van der Waals surface area (Å²) in [6, 6.07) is 18.1. The Labute approximate surface area is 142 Å². The maximum Gasteiger partial charge on any atom is 0.227 e. The van der Waals surface area contributed by atoms with Crippen LogP contribution in [0.5, 0.6) is 0 Å². The van der Waals surface area contributed by atoms with Crippen molar-refractivity contribution >= 4 is 34.8 Å². The molecule has 0 aliphatic rings. The van der Waals surface area contributed by atoms with Gasteiger partial charge in [0.05, 0.1) is 12.2 Å². The number of fused-ring (bicyclic) bond motifs is 1. The molecule has 0 radical (unpaired) electrons. The summed E-state index contributed by atoms with van der Waals surface area (Å²) in [6.07, 6.45) is 3.99. The molecule has 0 atom stereocenters. The molecule has 0 bridgehead atoms. The molecule has 3 rings (SSSR count). The van der Waals surface area contributed by atoms with E-state index in [9.17, 15) is 4.79 Å². The molecule has 0 aliphatic heterocycles. The Hall–Kier alpha value is -2.39. The van der Waals surface area contributed by atoms with Gasteiger partial charge in [0.15, 0.2) is 0 Å². The van der Waals surface area contributed by atoms with Crippen molar-refractivity contribution in [2.75, 3.05) is 4.90 Å². The Balaban J connectivity index is 0.00000192. The van der Waals surface area contributed by atoms with Crippen molar-refractivity contribution in [3.8, 4) is 0 Å². The quantitative estimate of drug-likeness (QED) is 0.702. The lowest BCUT2D eigenvalue weighted by molar-refractivity contribution is -0.118. The molecule has 23 heavy (non-hydrogen) atoms. The van der Waals surface area contributed by atoms with Crippen LogP contribution in [-0.2, 0) is 11.3 Å². The monoisotopic (exact) mass is 326 g/mol. The highest BCUT2D eigenvalue weighted by molar-refractivity contribution is 6.03. The third-order valence-electron chi connectivity index (χ3n) is 3.75. The van der Waals surface area contributed by atoms with Gasteiger partial charge >= 0.3 is 0 Å². The third kappa shape index (κ3) is 3.69. The zero-order chi connectivity index (χ0) is 15.4. The zero-order valence-electron chi connectivity index (χ0n) is 13.0. The van der Waals surface area contributed by atoms with Crippen molar-refractivity contribution in [1.82, 2.24) is 4.98 Å². The van der Waals surface area contributed by atoms with Gasteiger partial charge < -0.3 is 4.90 Å². The van der Waals surface area contributed by atoms with Crippen molar-refractivity contribution < 1.29 is 4.79 Å². The minimum atomic E-state index is 0. The Kier molecular flexibility index (Phi) is 5.72. The Morgan fingerprint density at radius 2 is 1.70 bits per heavy atom. The topological polar surface area (TPSA) is 33.2 Å². The highest BCUT2D eigenvalue weighted by atomic mass is 35.5. The van der Waals surface area contributed by atoms with Gasteiger partial charge in [0.1, 0.15) is 0 Å². The summed E-state index contributed by atoms with van der Waals surface area (Å²) in [5.74, 6) is 0.119. The van der Waals surface area contributed by atoms with Crippen LogP contribution in [0.4, 0.5) is 5.69 Å². The molecular formula is C19H19ClN2O. The molecule has 0 saturated heterocycles. The van der Waals surface area contributed by atoms with Gasteiger partial charge in [-0.3, -0.25) is 9.78 Å². The van der Waals surface area contributed by atoms with E-state index in [0.717, 1.165) is 22.0 Å². The number of amides is 1. The van der Waals surface area contributed by atoms with Crippen LogP contribution in [0.15, 0.2) is 67.0 Å². The van der Waals surface area contributed by atoms with Gasteiger partial charge in [0.25, 0.3) is 0 Å². The lowest BCUT2D eigenvalue weighted by atomic mass is 10.1. The largest absolute Gasteiger partial charge is 0.307 e. The summed E-state index contributed by atoms with van der Waals surface area (Å²) >= 11 is 0. The lowest BCUT2D eigenvalue weighted by Gasteiger charge is -2.24. The number of nitrogens with zero attached hydrogens (tertiary/aromatic N) is 2. The first-order chi connectivity index (χ1) is 10.8. The van der Waals surface area contributed by atoms with E-state index < -0.39 is 0 Å². The van der Waals surface area contributed by atoms with Crippen molar-refractivity contribution in [3.63, 3.8) is 0 Å². The normalized spacial score (nSPS) is 10.1. The van der Waals surface area contributed by atoms with Crippen molar-refractivity contribution in [2.45, 2.75) is 19.9 Å². The Bertz CT molecular complexity index is 784. The lowest BCUT2D eigenvalue weighted by Crippen LogP contribution is -2.29. The van der Waals surface area contributed by atoms with E-state index >= 15 is 0 Å². The average Bonchev–Trinajstić information content (AvgIpc) is 2.59. The van der Waals surface area contributed by atoms with Gasteiger partial charge in [-0.05, 0) is 29.1 Å². The van der Waals surface area contributed by atoms with Crippen LogP contribution in [0.3, 0.4) is 0 Å². The summed E-state index contributed by atoms with van der Waals surface area (Å²) in [5, 5.41) is 2.24. The van der Waals surface area contributed by atoms with Gasteiger partial charge in [-0.25, -0.2) is 0 Å². The van der Waals surface area contributed by atoms with Crippen LogP contribution in [0.25, 0.3) is 10.8 Å². The molecular weight excluding hydrogens is 308 g/mol. The molecule has 1 heterocycles. The summed E-state index contributed by atoms with van der Waals surface area (Å²) < 4.78 is 0. The van der Waals surface area contributed by atoms with Gasteiger partial charge in [0, 0.05) is 24.2 Å². The molecule has 0 unspecified atom stereocenters. The maximum absolute atomic E-state index is 12.5. The number of carbonyl (C=O) groups excluding carboxylic acids is 1.